The minimum Gasteiger partial charge on any atom is -0.486 e. The SMILES string of the molecule is Cc1ncc(Cl)c([C@@H](C)Oc2ccc3c(c2)c(-c2ccc(F)nc2)nn3C2CCCCO2)c1Cl. The van der Waals surface area contributed by atoms with E-state index in [4.69, 9.17) is 37.8 Å². The van der Waals surface area contributed by atoms with Crippen LogP contribution in [0.3, 0.4) is 0 Å². The van der Waals surface area contributed by atoms with Gasteiger partial charge >= 0.3 is 0 Å². The second kappa shape index (κ2) is 9.49. The van der Waals surface area contributed by atoms with Crippen LogP contribution in [-0.2, 0) is 4.74 Å². The summed E-state index contributed by atoms with van der Waals surface area (Å²) in [7, 11) is 0. The number of rotatable bonds is 5. The molecule has 1 saturated heterocycles. The standard InChI is InChI=1S/C25H23Cl2FN4O2/c1-14-24(27)23(19(26)13-29-14)15(2)34-17-7-8-20-18(11-17)25(16-6-9-21(28)30-12-16)31-32(20)22-5-3-4-10-33-22/h6-9,11-13,15,22H,3-5,10H2,1-2H3/t15-,22?/m1/s1. The molecule has 1 aliphatic heterocycles. The van der Waals surface area contributed by atoms with Crippen molar-refractivity contribution in [1.29, 1.82) is 0 Å². The molecular weight excluding hydrogens is 478 g/mol. The molecular formula is C25H23Cl2FN4O2. The molecule has 6 nitrogen and oxygen atoms in total. The minimum absolute atomic E-state index is 0.151. The predicted molar refractivity (Wildman–Crippen MR) is 130 cm³/mol. The van der Waals surface area contributed by atoms with Gasteiger partial charge in [-0.05, 0) is 63.4 Å². The molecule has 176 valence electrons. The maximum atomic E-state index is 13.5. The molecule has 5 rings (SSSR count). The van der Waals surface area contributed by atoms with Crippen LogP contribution in [0.2, 0.25) is 10.0 Å². The molecule has 9 heteroatoms. The van der Waals surface area contributed by atoms with E-state index in [1.165, 1.54) is 12.3 Å². The average molecular weight is 501 g/mol. The third-order valence-corrected chi connectivity index (χ3v) is 6.79. The predicted octanol–water partition coefficient (Wildman–Crippen LogP) is 7.09. The maximum Gasteiger partial charge on any atom is 0.212 e. The largest absolute Gasteiger partial charge is 0.486 e. The summed E-state index contributed by atoms with van der Waals surface area (Å²) in [6.45, 7) is 4.41. The summed E-state index contributed by atoms with van der Waals surface area (Å²) in [5, 5.41) is 6.65. The van der Waals surface area contributed by atoms with E-state index in [1.54, 1.807) is 12.3 Å². The van der Waals surface area contributed by atoms with E-state index in [2.05, 4.69) is 9.97 Å². The van der Waals surface area contributed by atoms with Gasteiger partial charge in [-0.2, -0.15) is 9.49 Å². The highest BCUT2D eigenvalue weighted by Gasteiger charge is 2.23. The van der Waals surface area contributed by atoms with Crippen LogP contribution in [0.15, 0.2) is 42.7 Å². The smallest absolute Gasteiger partial charge is 0.212 e. The molecule has 0 N–H and O–H groups in total. The summed E-state index contributed by atoms with van der Waals surface area (Å²) in [5.41, 5.74) is 3.67. The summed E-state index contributed by atoms with van der Waals surface area (Å²) in [4.78, 5) is 8.00. The molecule has 1 aromatic carbocycles. The van der Waals surface area contributed by atoms with Gasteiger partial charge in [-0.25, -0.2) is 9.67 Å². The van der Waals surface area contributed by atoms with E-state index in [0.29, 0.717) is 44.9 Å². The third kappa shape index (κ3) is 4.35. The molecule has 0 saturated carbocycles. The molecule has 1 unspecified atom stereocenters. The fourth-order valence-corrected chi connectivity index (χ4v) is 4.92. The van der Waals surface area contributed by atoms with Crippen LogP contribution in [0.5, 0.6) is 5.75 Å². The lowest BCUT2D eigenvalue weighted by Crippen LogP contribution is -2.19. The molecule has 34 heavy (non-hydrogen) atoms. The van der Waals surface area contributed by atoms with Crippen molar-refractivity contribution in [2.45, 2.75) is 45.4 Å². The first-order valence-corrected chi connectivity index (χ1v) is 11.9. The molecule has 0 amide bonds. The van der Waals surface area contributed by atoms with E-state index >= 15 is 0 Å². The van der Waals surface area contributed by atoms with Crippen molar-refractivity contribution in [3.05, 3.63) is 70.0 Å². The molecule has 1 fully saturated rings. The third-order valence-electron chi connectivity index (χ3n) is 6.01. The number of fused-ring (bicyclic) bond motifs is 1. The first-order valence-electron chi connectivity index (χ1n) is 11.2. The van der Waals surface area contributed by atoms with Crippen molar-refractivity contribution < 1.29 is 13.9 Å². The van der Waals surface area contributed by atoms with Gasteiger partial charge in [0.1, 0.15) is 17.5 Å². The van der Waals surface area contributed by atoms with Gasteiger partial charge in [0.25, 0.3) is 0 Å². The Morgan fingerprint density at radius 1 is 1.15 bits per heavy atom. The van der Waals surface area contributed by atoms with Crippen molar-refractivity contribution in [1.82, 2.24) is 19.7 Å². The molecule has 0 spiro atoms. The van der Waals surface area contributed by atoms with Crippen LogP contribution in [0.25, 0.3) is 22.2 Å². The van der Waals surface area contributed by atoms with Crippen LogP contribution in [-0.4, -0.2) is 26.4 Å². The number of ether oxygens (including phenoxy) is 2. The quantitative estimate of drug-likeness (QED) is 0.273. The van der Waals surface area contributed by atoms with Crippen molar-refractivity contribution in [3.8, 4) is 17.0 Å². The zero-order valence-electron chi connectivity index (χ0n) is 18.8. The van der Waals surface area contributed by atoms with E-state index in [1.807, 2.05) is 36.7 Å². The second-order valence-electron chi connectivity index (χ2n) is 8.34. The monoisotopic (exact) mass is 500 g/mol. The lowest BCUT2D eigenvalue weighted by Gasteiger charge is -2.23. The summed E-state index contributed by atoms with van der Waals surface area (Å²) < 4.78 is 27.6. The highest BCUT2D eigenvalue weighted by molar-refractivity contribution is 6.36. The number of aromatic nitrogens is 4. The lowest BCUT2D eigenvalue weighted by molar-refractivity contribution is -0.0365. The molecule has 2 atom stereocenters. The minimum atomic E-state index is -0.539. The summed E-state index contributed by atoms with van der Waals surface area (Å²) in [5.74, 6) is 0.0874. The fourth-order valence-electron chi connectivity index (χ4n) is 4.27. The van der Waals surface area contributed by atoms with Crippen LogP contribution in [0.1, 0.15) is 49.8 Å². The molecule has 4 aromatic rings. The molecule has 4 heterocycles. The lowest BCUT2D eigenvalue weighted by atomic mass is 10.1. The Bertz CT molecular complexity index is 1340. The average Bonchev–Trinajstić information content (AvgIpc) is 3.22. The number of nitrogens with zero attached hydrogens (tertiary/aromatic N) is 4. The van der Waals surface area contributed by atoms with E-state index in [-0.39, 0.29) is 6.23 Å². The Hall–Kier alpha value is -2.74. The van der Waals surface area contributed by atoms with Crippen molar-refractivity contribution in [2.24, 2.45) is 0 Å². The summed E-state index contributed by atoms with van der Waals surface area (Å²) >= 11 is 12.8. The Morgan fingerprint density at radius 2 is 2.00 bits per heavy atom. The molecule has 0 aliphatic carbocycles. The molecule has 0 bridgehead atoms. The highest BCUT2D eigenvalue weighted by Crippen LogP contribution is 2.37. The van der Waals surface area contributed by atoms with E-state index in [0.717, 1.165) is 30.2 Å². The van der Waals surface area contributed by atoms with Crippen LogP contribution in [0.4, 0.5) is 4.39 Å². The second-order valence-corrected chi connectivity index (χ2v) is 9.13. The number of hydrogen-bond acceptors (Lipinski definition) is 5. The molecule has 1 aliphatic rings. The Kier molecular flexibility index (Phi) is 6.42. The molecule has 0 radical (unpaired) electrons. The van der Waals surface area contributed by atoms with Crippen LogP contribution < -0.4 is 4.74 Å². The summed E-state index contributed by atoms with van der Waals surface area (Å²) in [6, 6.07) is 8.78. The van der Waals surface area contributed by atoms with Crippen LogP contribution >= 0.6 is 23.2 Å². The number of benzene rings is 1. The topological polar surface area (TPSA) is 62.1 Å². The zero-order valence-corrected chi connectivity index (χ0v) is 20.3. The van der Waals surface area contributed by atoms with Gasteiger partial charge in [0.05, 0.1) is 21.3 Å². The first-order chi connectivity index (χ1) is 16.4. The Labute approximate surface area is 206 Å². The normalized spacial score (nSPS) is 17.1. The number of hydrogen-bond donors (Lipinski definition) is 0. The van der Waals surface area contributed by atoms with Gasteiger partial charge in [-0.15, -0.1) is 0 Å². The molecule has 3 aromatic heterocycles. The highest BCUT2D eigenvalue weighted by atomic mass is 35.5. The number of halogens is 3. The van der Waals surface area contributed by atoms with Gasteiger partial charge in [0.15, 0.2) is 6.23 Å². The maximum absolute atomic E-state index is 13.5. The van der Waals surface area contributed by atoms with Crippen molar-refractivity contribution in [3.63, 3.8) is 0 Å². The van der Waals surface area contributed by atoms with Crippen molar-refractivity contribution >= 4 is 34.1 Å². The van der Waals surface area contributed by atoms with Gasteiger partial charge in [-0.1, -0.05) is 23.2 Å². The van der Waals surface area contributed by atoms with Gasteiger partial charge < -0.3 is 9.47 Å². The van der Waals surface area contributed by atoms with Crippen molar-refractivity contribution in [2.75, 3.05) is 6.61 Å². The van der Waals surface area contributed by atoms with E-state index < -0.39 is 12.1 Å². The number of pyridine rings is 2. The van der Waals surface area contributed by atoms with Gasteiger partial charge in [-0.3, -0.25) is 4.98 Å². The van der Waals surface area contributed by atoms with E-state index in [9.17, 15) is 4.39 Å². The zero-order chi connectivity index (χ0) is 23.8. The van der Waals surface area contributed by atoms with Gasteiger partial charge in [0.2, 0.25) is 5.95 Å². The summed E-state index contributed by atoms with van der Waals surface area (Å²) in [6.07, 6.45) is 5.50. The number of aryl methyl sites for hydroxylation is 1. The first kappa shape index (κ1) is 23.0. The fraction of sp³-hybridized carbons (Fsp3) is 0.320. The Balaban J connectivity index is 1.57. The van der Waals surface area contributed by atoms with Crippen LogP contribution in [0, 0.1) is 12.9 Å². The van der Waals surface area contributed by atoms with Gasteiger partial charge in [0, 0.05) is 35.5 Å². The Morgan fingerprint density at radius 3 is 2.74 bits per heavy atom.